The van der Waals surface area contributed by atoms with E-state index in [9.17, 15) is 5.11 Å². The molecule has 218 valence electrons. The van der Waals surface area contributed by atoms with E-state index in [0.29, 0.717) is 21.4 Å². The number of benzene rings is 2. The summed E-state index contributed by atoms with van der Waals surface area (Å²) in [6.45, 7) is 15.4. The topological polar surface area (TPSA) is 162 Å². The van der Waals surface area contributed by atoms with E-state index < -0.39 is 6.01 Å². The van der Waals surface area contributed by atoms with Gasteiger partial charge in [0.15, 0.2) is 17.3 Å². The average Bonchev–Trinajstić information content (AvgIpc) is 3.51. The van der Waals surface area contributed by atoms with Crippen LogP contribution < -0.4 is 11.1 Å². The van der Waals surface area contributed by atoms with Crippen molar-refractivity contribution in [1.29, 1.82) is 0 Å². The van der Waals surface area contributed by atoms with Gasteiger partial charge in [-0.1, -0.05) is 60.8 Å². The zero-order valence-electron chi connectivity index (χ0n) is 23.6. The number of nitrogens with zero attached hydrogens (tertiary/aromatic N) is 10. The number of nitrogens with one attached hydrogen (secondary N) is 1. The first kappa shape index (κ1) is 29.4. The van der Waals surface area contributed by atoms with Crippen LogP contribution in [0, 0.1) is 20.4 Å². The highest BCUT2D eigenvalue weighted by Crippen LogP contribution is 2.38. The van der Waals surface area contributed by atoms with Crippen molar-refractivity contribution in [1.82, 2.24) is 34.5 Å². The number of rotatable bonds is 8. The third-order valence-corrected chi connectivity index (χ3v) is 7.16. The highest BCUT2D eigenvalue weighted by molar-refractivity contribution is 6.37. The number of aromatic nitrogens is 7. The Morgan fingerprint density at radius 1 is 1.02 bits per heavy atom. The molecule has 5 rings (SSSR count). The molecule has 0 bridgehead atoms. The fourth-order valence-corrected chi connectivity index (χ4v) is 5.11. The summed E-state index contributed by atoms with van der Waals surface area (Å²) in [5.74, 6) is 0.226. The molecular weight excluding hydrogens is 591 g/mol. The molecule has 43 heavy (non-hydrogen) atoms. The standard InChI is InChI=1S/C28H26Cl2N12O/c1-6-16-11-14(3)12-17(7-2)22(16)34-26-35-27(37-28(43)36-26)42-24(31)21(15(4)40-42)38-39-25-20(32-5)13-33-41(25)23-18(29)9-8-10-19(23)30/h8-13H,6-7,31H2,1-4H3,(H2,34,35,36,37,43)/b39-38+. The number of hydrogen-bond donors (Lipinski definition) is 3. The predicted molar refractivity (Wildman–Crippen MR) is 165 cm³/mol. The maximum atomic E-state index is 10.4. The van der Waals surface area contributed by atoms with Gasteiger partial charge < -0.3 is 16.2 Å². The lowest BCUT2D eigenvalue weighted by Gasteiger charge is -2.16. The molecule has 3 heterocycles. The van der Waals surface area contributed by atoms with Crippen molar-refractivity contribution in [3.8, 4) is 17.6 Å². The third-order valence-electron chi connectivity index (χ3n) is 6.55. The van der Waals surface area contributed by atoms with E-state index in [0.717, 1.165) is 35.2 Å². The summed E-state index contributed by atoms with van der Waals surface area (Å²) in [6, 6.07) is 8.66. The fourth-order valence-electron chi connectivity index (χ4n) is 4.55. The number of aromatic hydroxyl groups is 1. The Balaban J connectivity index is 1.53. The maximum absolute atomic E-state index is 10.4. The second kappa shape index (κ2) is 12.0. The van der Waals surface area contributed by atoms with Gasteiger partial charge >= 0.3 is 6.01 Å². The monoisotopic (exact) mass is 616 g/mol. The highest BCUT2D eigenvalue weighted by Gasteiger charge is 2.21. The maximum Gasteiger partial charge on any atom is 0.320 e. The van der Waals surface area contributed by atoms with Crippen LogP contribution >= 0.6 is 23.2 Å². The summed E-state index contributed by atoms with van der Waals surface area (Å²) >= 11 is 12.7. The number of anilines is 3. The van der Waals surface area contributed by atoms with Crippen LogP contribution in [0.4, 0.5) is 34.6 Å². The molecule has 0 unspecified atom stereocenters. The summed E-state index contributed by atoms with van der Waals surface area (Å²) in [5.41, 5.74) is 11.7. The molecule has 5 aromatic rings. The van der Waals surface area contributed by atoms with E-state index in [1.54, 1.807) is 25.1 Å². The highest BCUT2D eigenvalue weighted by atomic mass is 35.5. The Kier molecular flexibility index (Phi) is 8.24. The van der Waals surface area contributed by atoms with E-state index >= 15 is 0 Å². The summed E-state index contributed by atoms with van der Waals surface area (Å²) < 4.78 is 2.56. The number of halogens is 2. The molecule has 0 aliphatic heterocycles. The number of aryl methyl sites for hydroxylation is 4. The normalized spacial score (nSPS) is 11.3. The van der Waals surface area contributed by atoms with Crippen molar-refractivity contribution in [3.63, 3.8) is 0 Å². The molecule has 13 nitrogen and oxygen atoms in total. The van der Waals surface area contributed by atoms with Crippen LogP contribution in [0.1, 0.15) is 36.2 Å². The first-order valence-corrected chi connectivity index (χ1v) is 13.9. The molecule has 0 saturated heterocycles. The molecule has 0 radical (unpaired) electrons. The molecule has 15 heteroatoms. The molecule has 0 fully saturated rings. The molecular formula is C28H26Cl2N12O. The first-order chi connectivity index (χ1) is 20.6. The molecule has 0 aliphatic carbocycles. The van der Waals surface area contributed by atoms with Gasteiger partial charge in [0, 0.05) is 5.69 Å². The van der Waals surface area contributed by atoms with Crippen LogP contribution in [-0.2, 0) is 12.8 Å². The lowest BCUT2D eigenvalue weighted by molar-refractivity contribution is 0.427. The van der Waals surface area contributed by atoms with Gasteiger partial charge in [-0.15, -0.1) is 10.2 Å². The van der Waals surface area contributed by atoms with Gasteiger partial charge in [-0.3, -0.25) is 0 Å². The van der Waals surface area contributed by atoms with Gasteiger partial charge in [0.2, 0.25) is 5.95 Å². The van der Waals surface area contributed by atoms with E-state index in [-0.39, 0.29) is 34.9 Å². The van der Waals surface area contributed by atoms with Gasteiger partial charge in [-0.05, 0) is 49.9 Å². The van der Waals surface area contributed by atoms with Gasteiger partial charge in [0.25, 0.3) is 11.6 Å². The number of hydrogen-bond acceptors (Lipinski definition) is 10. The van der Waals surface area contributed by atoms with Crippen LogP contribution in [0.3, 0.4) is 0 Å². The number of nitrogens with two attached hydrogens (primary N) is 1. The third kappa shape index (κ3) is 5.70. The molecule has 4 N–H and O–H groups in total. The largest absolute Gasteiger partial charge is 0.479 e. The van der Waals surface area contributed by atoms with Crippen molar-refractivity contribution < 1.29 is 5.11 Å². The van der Waals surface area contributed by atoms with Crippen molar-refractivity contribution in [2.45, 2.75) is 40.5 Å². The van der Waals surface area contributed by atoms with Crippen molar-refractivity contribution in [3.05, 3.63) is 80.4 Å². The predicted octanol–water partition coefficient (Wildman–Crippen LogP) is 7.29. The quantitative estimate of drug-likeness (QED) is 0.121. The molecule has 0 atom stereocenters. The van der Waals surface area contributed by atoms with Crippen LogP contribution in [0.5, 0.6) is 6.01 Å². The Morgan fingerprint density at radius 2 is 1.70 bits per heavy atom. The smallest absolute Gasteiger partial charge is 0.320 e. The Labute approximate surface area is 256 Å². The van der Waals surface area contributed by atoms with Crippen LogP contribution in [0.15, 0.2) is 46.8 Å². The second-order valence-corrected chi connectivity index (χ2v) is 10.2. The number of para-hydroxylation sites is 1. The summed E-state index contributed by atoms with van der Waals surface area (Å²) in [7, 11) is 0. The zero-order chi connectivity index (χ0) is 30.8. The van der Waals surface area contributed by atoms with E-state index in [1.807, 2.05) is 0 Å². The van der Waals surface area contributed by atoms with Crippen LogP contribution in [0.2, 0.25) is 10.0 Å². The van der Waals surface area contributed by atoms with Gasteiger partial charge in [-0.2, -0.15) is 29.8 Å². The van der Waals surface area contributed by atoms with Gasteiger partial charge in [0.05, 0.1) is 28.5 Å². The molecule has 0 amide bonds. The van der Waals surface area contributed by atoms with Crippen LogP contribution in [0.25, 0.3) is 16.5 Å². The zero-order valence-corrected chi connectivity index (χ0v) is 25.1. The average molecular weight is 618 g/mol. The van der Waals surface area contributed by atoms with E-state index in [2.05, 4.69) is 78.4 Å². The molecule has 3 aromatic heterocycles. The van der Waals surface area contributed by atoms with E-state index in [4.69, 9.17) is 35.5 Å². The van der Waals surface area contributed by atoms with Crippen molar-refractivity contribution in [2.75, 3.05) is 11.1 Å². The summed E-state index contributed by atoms with van der Waals surface area (Å²) in [4.78, 5) is 16.0. The van der Waals surface area contributed by atoms with Crippen molar-refractivity contribution >= 4 is 57.8 Å². The lowest BCUT2D eigenvalue weighted by atomic mass is 10.00. The molecule has 0 saturated carbocycles. The SMILES string of the molecule is [C-]#[N+]c1cnn(-c2c(Cl)cccc2Cl)c1/N=N/c1c(C)nn(-c2nc(O)nc(Nc3c(CC)cc(C)cc3CC)n2)c1N. The second-order valence-electron chi connectivity index (χ2n) is 9.43. The Bertz CT molecular complexity index is 1880. The van der Waals surface area contributed by atoms with Gasteiger partial charge in [0.1, 0.15) is 5.69 Å². The molecule has 0 spiro atoms. The molecule has 2 aromatic carbocycles. The van der Waals surface area contributed by atoms with Crippen molar-refractivity contribution in [2.24, 2.45) is 10.2 Å². The minimum absolute atomic E-state index is 0.0324. The molecule has 0 aliphatic rings. The Morgan fingerprint density at radius 3 is 2.33 bits per heavy atom. The lowest BCUT2D eigenvalue weighted by Crippen LogP contribution is -2.11. The minimum Gasteiger partial charge on any atom is -0.479 e. The van der Waals surface area contributed by atoms with Gasteiger partial charge in [-0.25, -0.2) is 9.53 Å². The first-order valence-electron chi connectivity index (χ1n) is 13.2. The summed E-state index contributed by atoms with van der Waals surface area (Å²) in [5, 5.41) is 31.5. The number of azo groups is 1. The summed E-state index contributed by atoms with van der Waals surface area (Å²) in [6.07, 6.45) is 2.92. The van der Waals surface area contributed by atoms with E-state index in [1.165, 1.54) is 15.6 Å². The number of nitrogen functional groups attached to an aromatic ring is 1. The fraction of sp³-hybridized carbons (Fsp3) is 0.214. The minimum atomic E-state index is -0.520. The Hall–Kier alpha value is -5.06. The van der Waals surface area contributed by atoms with Crippen LogP contribution in [-0.4, -0.2) is 39.6 Å².